The number of anilines is 1. The highest BCUT2D eigenvalue weighted by Gasteiger charge is 2.12. The number of ether oxygens (including phenoxy) is 1. The van der Waals surface area contributed by atoms with Crippen LogP contribution in [0.5, 0.6) is 5.75 Å². The molecule has 1 N–H and O–H groups in total. The number of ketones is 1. The van der Waals surface area contributed by atoms with Gasteiger partial charge in [0.15, 0.2) is 5.78 Å². The second-order valence-corrected chi connectivity index (χ2v) is 7.04. The van der Waals surface area contributed by atoms with Crippen molar-refractivity contribution in [1.29, 1.82) is 0 Å². The molecular weight excluding hydrogens is 378 g/mol. The summed E-state index contributed by atoms with van der Waals surface area (Å²) in [5, 5.41) is 2.78. The molecule has 30 heavy (non-hydrogen) atoms. The van der Waals surface area contributed by atoms with Crippen molar-refractivity contribution in [3.8, 4) is 5.75 Å². The van der Waals surface area contributed by atoms with Crippen LogP contribution in [-0.4, -0.2) is 17.7 Å². The van der Waals surface area contributed by atoms with Crippen LogP contribution >= 0.6 is 0 Å². The first kappa shape index (κ1) is 21.0. The SMILES string of the molecule is Cc1ccc(C(=O)CCC(=O)Oc2ccc(NC(=O)c3ccccc3)cc2)cc1C. The zero-order valence-corrected chi connectivity index (χ0v) is 17.0. The molecule has 152 valence electrons. The molecule has 0 atom stereocenters. The number of aryl methyl sites for hydroxylation is 2. The number of carbonyl (C=O) groups excluding carboxylic acids is 3. The zero-order valence-electron chi connectivity index (χ0n) is 17.0. The van der Waals surface area contributed by atoms with Gasteiger partial charge in [0.05, 0.1) is 6.42 Å². The third-order valence-corrected chi connectivity index (χ3v) is 4.76. The summed E-state index contributed by atoms with van der Waals surface area (Å²) in [5.74, 6) is -0.427. The predicted octanol–water partition coefficient (Wildman–Crippen LogP) is 5.12. The number of Topliss-reactive ketones (excluding diaryl/α,β-unsaturated/α-hetero) is 1. The highest BCUT2D eigenvalue weighted by molar-refractivity contribution is 6.04. The number of benzene rings is 3. The number of esters is 1. The van der Waals surface area contributed by atoms with Gasteiger partial charge in [0.1, 0.15) is 5.75 Å². The van der Waals surface area contributed by atoms with Crippen LogP contribution in [0.2, 0.25) is 0 Å². The van der Waals surface area contributed by atoms with Gasteiger partial charge in [0.25, 0.3) is 5.91 Å². The van der Waals surface area contributed by atoms with Crippen molar-refractivity contribution in [2.75, 3.05) is 5.32 Å². The fourth-order valence-electron chi connectivity index (χ4n) is 2.86. The first-order chi connectivity index (χ1) is 14.4. The van der Waals surface area contributed by atoms with Gasteiger partial charge in [-0.3, -0.25) is 14.4 Å². The van der Waals surface area contributed by atoms with Crippen molar-refractivity contribution in [3.63, 3.8) is 0 Å². The van der Waals surface area contributed by atoms with E-state index in [0.29, 0.717) is 22.6 Å². The molecule has 0 spiro atoms. The molecule has 1 amide bonds. The molecular formula is C25H23NO4. The maximum Gasteiger partial charge on any atom is 0.311 e. The summed E-state index contributed by atoms with van der Waals surface area (Å²) in [5.41, 5.74) is 3.91. The molecule has 0 saturated carbocycles. The maximum absolute atomic E-state index is 12.3. The van der Waals surface area contributed by atoms with Gasteiger partial charge < -0.3 is 10.1 Å². The third kappa shape index (κ3) is 5.64. The number of carbonyl (C=O) groups is 3. The van der Waals surface area contributed by atoms with Crippen LogP contribution < -0.4 is 10.1 Å². The minimum atomic E-state index is -0.478. The quantitative estimate of drug-likeness (QED) is 0.339. The fraction of sp³-hybridized carbons (Fsp3) is 0.160. The average Bonchev–Trinajstić information content (AvgIpc) is 2.76. The van der Waals surface area contributed by atoms with E-state index >= 15 is 0 Å². The average molecular weight is 401 g/mol. The summed E-state index contributed by atoms with van der Waals surface area (Å²) < 4.78 is 5.28. The molecule has 0 unspecified atom stereocenters. The molecule has 0 aliphatic rings. The molecule has 3 aromatic rings. The lowest BCUT2D eigenvalue weighted by Gasteiger charge is -2.08. The molecule has 5 heteroatoms. The fourth-order valence-corrected chi connectivity index (χ4v) is 2.86. The molecule has 3 rings (SSSR count). The Kier molecular flexibility index (Phi) is 6.75. The van der Waals surface area contributed by atoms with Crippen molar-refractivity contribution in [3.05, 3.63) is 95.1 Å². The lowest BCUT2D eigenvalue weighted by Crippen LogP contribution is -2.12. The van der Waals surface area contributed by atoms with Crippen molar-refractivity contribution in [1.82, 2.24) is 0 Å². The van der Waals surface area contributed by atoms with E-state index < -0.39 is 5.97 Å². The minimum Gasteiger partial charge on any atom is -0.427 e. The van der Waals surface area contributed by atoms with Gasteiger partial charge in [0, 0.05) is 23.2 Å². The molecule has 0 saturated heterocycles. The van der Waals surface area contributed by atoms with Crippen LogP contribution in [0.25, 0.3) is 0 Å². The molecule has 0 heterocycles. The van der Waals surface area contributed by atoms with Gasteiger partial charge in [-0.15, -0.1) is 0 Å². The Bertz CT molecular complexity index is 1060. The Morgan fingerprint density at radius 1 is 0.767 bits per heavy atom. The summed E-state index contributed by atoms with van der Waals surface area (Å²) in [6, 6.07) is 20.9. The lowest BCUT2D eigenvalue weighted by molar-refractivity contribution is -0.134. The van der Waals surface area contributed by atoms with Gasteiger partial charge in [0.2, 0.25) is 0 Å². The molecule has 0 radical (unpaired) electrons. The van der Waals surface area contributed by atoms with E-state index in [9.17, 15) is 14.4 Å². The Labute approximate surface area is 175 Å². The monoisotopic (exact) mass is 401 g/mol. The molecule has 0 fully saturated rings. The number of rotatable bonds is 7. The number of nitrogens with one attached hydrogen (secondary N) is 1. The van der Waals surface area contributed by atoms with E-state index in [0.717, 1.165) is 11.1 Å². The van der Waals surface area contributed by atoms with Crippen LogP contribution in [0.3, 0.4) is 0 Å². The van der Waals surface area contributed by atoms with Gasteiger partial charge in [-0.05, 0) is 67.4 Å². The van der Waals surface area contributed by atoms with Crippen LogP contribution in [-0.2, 0) is 4.79 Å². The second kappa shape index (κ2) is 9.65. The van der Waals surface area contributed by atoms with Gasteiger partial charge >= 0.3 is 5.97 Å². The Hall–Kier alpha value is -3.73. The normalized spacial score (nSPS) is 10.3. The van der Waals surface area contributed by atoms with Gasteiger partial charge in [-0.25, -0.2) is 0 Å². The molecule has 3 aromatic carbocycles. The van der Waals surface area contributed by atoms with E-state index in [-0.39, 0.29) is 24.5 Å². The Morgan fingerprint density at radius 3 is 2.13 bits per heavy atom. The highest BCUT2D eigenvalue weighted by Crippen LogP contribution is 2.18. The lowest BCUT2D eigenvalue weighted by atomic mass is 10.0. The van der Waals surface area contributed by atoms with Crippen molar-refractivity contribution in [2.24, 2.45) is 0 Å². The number of hydrogen-bond acceptors (Lipinski definition) is 4. The van der Waals surface area contributed by atoms with Gasteiger partial charge in [-0.1, -0.05) is 30.3 Å². The van der Waals surface area contributed by atoms with E-state index in [1.54, 1.807) is 54.6 Å². The van der Waals surface area contributed by atoms with Crippen LogP contribution in [0.4, 0.5) is 5.69 Å². The standard InChI is InChI=1S/C25H23NO4/c1-17-8-9-20(16-18(17)2)23(27)14-15-24(28)30-22-12-10-21(11-13-22)26-25(29)19-6-4-3-5-7-19/h3-13,16H,14-15H2,1-2H3,(H,26,29). The molecule has 0 aliphatic carbocycles. The van der Waals surface area contributed by atoms with Gasteiger partial charge in [-0.2, -0.15) is 0 Å². The zero-order chi connectivity index (χ0) is 21.5. The summed E-state index contributed by atoms with van der Waals surface area (Å²) in [7, 11) is 0. The highest BCUT2D eigenvalue weighted by atomic mass is 16.5. The maximum atomic E-state index is 12.3. The predicted molar refractivity (Wildman–Crippen MR) is 116 cm³/mol. The summed E-state index contributed by atoms with van der Waals surface area (Å²) >= 11 is 0. The molecule has 5 nitrogen and oxygen atoms in total. The smallest absolute Gasteiger partial charge is 0.311 e. The topological polar surface area (TPSA) is 72.5 Å². The summed E-state index contributed by atoms with van der Waals surface area (Å²) in [4.78, 5) is 36.5. The van der Waals surface area contributed by atoms with Crippen LogP contribution in [0.1, 0.15) is 44.7 Å². The van der Waals surface area contributed by atoms with Crippen molar-refractivity contribution < 1.29 is 19.1 Å². The van der Waals surface area contributed by atoms with Crippen molar-refractivity contribution >= 4 is 23.3 Å². The summed E-state index contributed by atoms with van der Waals surface area (Å²) in [6.45, 7) is 3.94. The third-order valence-electron chi connectivity index (χ3n) is 4.76. The minimum absolute atomic E-state index is 0.00173. The van der Waals surface area contributed by atoms with E-state index in [2.05, 4.69) is 5.32 Å². The summed E-state index contributed by atoms with van der Waals surface area (Å²) in [6.07, 6.45) is 0.0881. The van der Waals surface area contributed by atoms with Crippen molar-refractivity contribution in [2.45, 2.75) is 26.7 Å². The van der Waals surface area contributed by atoms with Crippen LogP contribution in [0, 0.1) is 13.8 Å². The second-order valence-electron chi connectivity index (χ2n) is 7.04. The van der Waals surface area contributed by atoms with E-state index in [1.165, 1.54) is 0 Å². The number of hydrogen-bond donors (Lipinski definition) is 1. The van der Waals surface area contributed by atoms with E-state index in [1.807, 2.05) is 32.0 Å². The Balaban J connectivity index is 1.50. The molecule has 0 bridgehead atoms. The first-order valence-corrected chi connectivity index (χ1v) is 9.70. The number of amides is 1. The largest absolute Gasteiger partial charge is 0.427 e. The molecule has 0 aromatic heterocycles. The molecule has 0 aliphatic heterocycles. The van der Waals surface area contributed by atoms with E-state index in [4.69, 9.17) is 4.74 Å². The Morgan fingerprint density at radius 2 is 1.47 bits per heavy atom. The first-order valence-electron chi connectivity index (χ1n) is 9.70. The van der Waals surface area contributed by atoms with Crippen LogP contribution in [0.15, 0.2) is 72.8 Å².